The lowest BCUT2D eigenvalue weighted by Gasteiger charge is -2.33. The fourth-order valence-electron chi connectivity index (χ4n) is 2.91. The number of fused-ring (bicyclic) bond motifs is 1. The number of hydrogen-bond donors (Lipinski definition) is 2. The van der Waals surface area contributed by atoms with Crippen molar-refractivity contribution in [1.82, 2.24) is 4.90 Å². The molecule has 1 atom stereocenters. The van der Waals surface area contributed by atoms with Crippen LogP contribution in [0.1, 0.15) is 12.8 Å². The van der Waals surface area contributed by atoms with E-state index in [-0.39, 0.29) is 31.0 Å². The summed E-state index contributed by atoms with van der Waals surface area (Å²) in [6.45, 7) is 1.61. The molecule has 0 spiro atoms. The minimum Gasteiger partial charge on any atom is -0.392 e. The first-order chi connectivity index (χ1) is 10.1. The number of rotatable bonds is 2. The number of nitrogens with one attached hydrogen (secondary N) is 1. The van der Waals surface area contributed by atoms with E-state index in [1.54, 1.807) is 6.07 Å². The summed E-state index contributed by atoms with van der Waals surface area (Å²) < 4.78 is 0. The Morgan fingerprint density at radius 3 is 3.00 bits per heavy atom. The molecule has 1 fully saturated rings. The number of anilines is 2. The first-order valence-corrected chi connectivity index (χ1v) is 7.23. The average Bonchev–Trinajstić information content (AvgIpc) is 2.46. The molecule has 2 amide bonds. The molecular weight excluding hydrogens is 270 g/mol. The number of aliphatic hydroxyl groups is 1. The molecule has 6 nitrogen and oxygen atoms in total. The van der Waals surface area contributed by atoms with Crippen LogP contribution in [0.5, 0.6) is 0 Å². The number of para-hydroxylation sites is 2. The van der Waals surface area contributed by atoms with Crippen LogP contribution < -0.4 is 10.2 Å². The van der Waals surface area contributed by atoms with Gasteiger partial charge in [0.25, 0.3) is 0 Å². The molecule has 0 bridgehead atoms. The molecule has 0 aliphatic carbocycles. The van der Waals surface area contributed by atoms with Gasteiger partial charge in [-0.1, -0.05) is 12.1 Å². The number of carbonyl (C=O) groups excluding carboxylic acids is 2. The second kappa shape index (κ2) is 5.83. The zero-order chi connectivity index (χ0) is 14.8. The maximum atomic E-state index is 12.5. The van der Waals surface area contributed by atoms with Crippen molar-refractivity contribution in [3.05, 3.63) is 24.3 Å². The van der Waals surface area contributed by atoms with Gasteiger partial charge in [0.1, 0.15) is 6.54 Å². The molecule has 1 unspecified atom stereocenters. The van der Waals surface area contributed by atoms with Crippen LogP contribution in [0.3, 0.4) is 0 Å². The van der Waals surface area contributed by atoms with Gasteiger partial charge in [0.05, 0.1) is 24.0 Å². The summed E-state index contributed by atoms with van der Waals surface area (Å²) in [5.74, 6) is -0.285. The Kier molecular flexibility index (Phi) is 3.90. The highest BCUT2D eigenvalue weighted by atomic mass is 16.3. The predicted molar refractivity (Wildman–Crippen MR) is 79.1 cm³/mol. The molecule has 3 rings (SSSR count). The van der Waals surface area contributed by atoms with Crippen molar-refractivity contribution >= 4 is 23.2 Å². The van der Waals surface area contributed by atoms with Crippen molar-refractivity contribution in [2.24, 2.45) is 0 Å². The fraction of sp³-hybridized carbons (Fsp3) is 0.467. The van der Waals surface area contributed by atoms with Crippen LogP contribution >= 0.6 is 0 Å². The van der Waals surface area contributed by atoms with Crippen molar-refractivity contribution in [1.29, 1.82) is 0 Å². The maximum absolute atomic E-state index is 12.5. The third-order valence-corrected chi connectivity index (χ3v) is 3.91. The second-order valence-corrected chi connectivity index (χ2v) is 5.58. The standard InChI is InChI=1S/C15H19N3O3/c19-11-4-3-7-17(8-11)10-15(21)18-9-14(20)16-12-5-1-2-6-13(12)18/h1-2,5-6,11,19H,3-4,7-10H2,(H,16,20). The number of likely N-dealkylation sites (tertiary alicyclic amines) is 1. The molecule has 2 N–H and O–H groups in total. The average molecular weight is 289 g/mol. The van der Waals surface area contributed by atoms with Crippen molar-refractivity contribution in [2.75, 3.05) is 36.4 Å². The Labute approximate surface area is 123 Å². The summed E-state index contributed by atoms with van der Waals surface area (Å²) in [6, 6.07) is 7.30. The van der Waals surface area contributed by atoms with Gasteiger partial charge in [-0.3, -0.25) is 19.4 Å². The Balaban J connectivity index is 1.74. The van der Waals surface area contributed by atoms with Crippen molar-refractivity contribution < 1.29 is 14.7 Å². The molecule has 112 valence electrons. The van der Waals surface area contributed by atoms with E-state index < -0.39 is 0 Å². The summed E-state index contributed by atoms with van der Waals surface area (Å²) in [4.78, 5) is 27.7. The number of aliphatic hydroxyl groups excluding tert-OH is 1. The van der Waals surface area contributed by atoms with E-state index in [4.69, 9.17) is 0 Å². The zero-order valence-electron chi connectivity index (χ0n) is 11.8. The number of nitrogens with zero attached hydrogens (tertiary/aromatic N) is 2. The lowest BCUT2D eigenvalue weighted by atomic mass is 10.1. The molecule has 1 aromatic rings. The van der Waals surface area contributed by atoms with E-state index in [0.29, 0.717) is 12.2 Å². The van der Waals surface area contributed by atoms with Crippen LogP contribution in [0.4, 0.5) is 11.4 Å². The molecule has 0 aromatic heterocycles. The number of benzene rings is 1. The number of piperidine rings is 1. The molecule has 2 aliphatic rings. The maximum Gasteiger partial charge on any atom is 0.244 e. The minimum atomic E-state index is -0.358. The molecule has 1 aromatic carbocycles. The van der Waals surface area contributed by atoms with E-state index in [1.807, 2.05) is 23.1 Å². The smallest absolute Gasteiger partial charge is 0.244 e. The van der Waals surface area contributed by atoms with Gasteiger partial charge < -0.3 is 10.4 Å². The molecule has 6 heteroatoms. The van der Waals surface area contributed by atoms with Crippen LogP contribution in [0, 0.1) is 0 Å². The van der Waals surface area contributed by atoms with Gasteiger partial charge in [-0.15, -0.1) is 0 Å². The van der Waals surface area contributed by atoms with Gasteiger partial charge in [-0.05, 0) is 31.5 Å². The molecule has 0 radical (unpaired) electrons. The van der Waals surface area contributed by atoms with E-state index in [9.17, 15) is 14.7 Å². The summed E-state index contributed by atoms with van der Waals surface area (Å²) in [5.41, 5.74) is 1.40. The topological polar surface area (TPSA) is 72.9 Å². The quantitative estimate of drug-likeness (QED) is 0.828. The highest BCUT2D eigenvalue weighted by Crippen LogP contribution is 2.29. The number of β-amino-alcohol motifs (C(OH)–C–C–N with tert-alkyl or cyclic N) is 1. The molecule has 0 saturated carbocycles. The van der Waals surface area contributed by atoms with Crippen LogP contribution in [-0.4, -0.2) is 54.1 Å². The van der Waals surface area contributed by atoms with E-state index in [2.05, 4.69) is 5.32 Å². The third kappa shape index (κ3) is 3.06. The Hall–Kier alpha value is -1.92. The first kappa shape index (κ1) is 14.0. The fourth-order valence-corrected chi connectivity index (χ4v) is 2.91. The first-order valence-electron chi connectivity index (χ1n) is 7.23. The lowest BCUT2D eigenvalue weighted by molar-refractivity contribution is -0.123. The Morgan fingerprint density at radius 1 is 1.38 bits per heavy atom. The molecule has 2 aliphatic heterocycles. The molecular formula is C15H19N3O3. The lowest BCUT2D eigenvalue weighted by Crippen LogP contribution is -2.49. The van der Waals surface area contributed by atoms with Crippen LogP contribution in [0.25, 0.3) is 0 Å². The van der Waals surface area contributed by atoms with Gasteiger partial charge in [0.15, 0.2) is 0 Å². The van der Waals surface area contributed by atoms with Crippen LogP contribution in [0.15, 0.2) is 24.3 Å². The number of carbonyl (C=O) groups is 2. The van der Waals surface area contributed by atoms with Crippen LogP contribution in [-0.2, 0) is 9.59 Å². The third-order valence-electron chi connectivity index (χ3n) is 3.91. The monoisotopic (exact) mass is 289 g/mol. The highest BCUT2D eigenvalue weighted by molar-refractivity contribution is 6.10. The molecule has 21 heavy (non-hydrogen) atoms. The SMILES string of the molecule is O=C1CN(C(=O)CN2CCCC(O)C2)c2ccccc2N1. The van der Waals surface area contributed by atoms with E-state index >= 15 is 0 Å². The van der Waals surface area contributed by atoms with Crippen molar-refractivity contribution in [2.45, 2.75) is 18.9 Å². The largest absolute Gasteiger partial charge is 0.392 e. The normalized spacial score (nSPS) is 22.6. The van der Waals surface area contributed by atoms with Crippen LogP contribution in [0.2, 0.25) is 0 Å². The second-order valence-electron chi connectivity index (χ2n) is 5.58. The van der Waals surface area contributed by atoms with Crippen molar-refractivity contribution in [3.8, 4) is 0 Å². The Morgan fingerprint density at radius 2 is 2.19 bits per heavy atom. The van der Waals surface area contributed by atoms with Crippen molar-refractivity contribution in [3.63, 3.8) is 0 Å². The molecule has 1 saturated heterocycles. The summed E-state index contributed by atoms with van der Waals surface area (Å²) in [6.07, 6.45) is 1.33. The summed E-state index contributed by atoms with van der Waals surface area (Å²) in [7, 11) is 0. The van der Waals surface area contributed by atoms with Gasteiger partial charge in [-0.25, -0.2) is 0 Å². The zero-order valence-corrected chi connectivity index (χ0v) is 11.8. The molecule has 2 heterocycles. The predicted octanol–water partition coefficient (Wildman–Crippen LogP) is 0.428. The number of amides is 2. The van der Waals surface area contributed by atoms with E-state index in [0.717, 1.165) is 25.1 Å². The van der Waals surface area contributed by atoms with Gasteiger partial charge in [0, 0.05) is 6.54 Å². The van der Waals surface area contributed by atoms with Gasteiger partial charge in [-0.2, -0.15) is 0 Å². The van der Waals surface area contributed by atoms with E-state index in [1.165, 1.54) is 4.90 Å². The summed E-state index contributed by atoms with van der Waals surface area (Å²) in [5, 5.41) is 12.4. The van der Waals surface area contributed by atoms with Gasteiger partial charge >= 0.3 is 0 Å². The summed E-state index contributed by atoms with van der Waals surface area (Å²) >= 11 is 0. The Bertz CT molecular complexity index is 561. The van der Waals surface area contributed by atoms with Gasteiger partial charge in [0.2, 0.25) is 11.8 Å². The minimum absolute atomic E-state index is 0.0479. The highest BCUT2D eigenvalue weighted by Gasteiger charge is 2.28. The number of hydrogen-bond acceptors (Lipinski definition) is 4.